The van der Waals surface area contributed by atoms with Gasteiger partial charge in [-0.05, 0) is 31.6 Å². The highest BCUT2D eigenvalue weighted by molar-refractivity contribution is 5.84. The van der Waals surface area contributed by atoms with E-state index in [1.807, 2.05) is 6.92 Å². The number of methoxy groups -OCH3 is 1. The van der Waals surface area contributed by atoms with Crippen LogP contribution in [0.3, 0.4) is 0 Å². The number of esters is 1. The molecule has 4 nitrogen and oxygen atoms in total. The molecule has 2 aliphatic carbocycles. The predicted octanol–water partition coefficient (Wildman–Crippen LogP) is 1.98. The number of rotatable bonds is 5. The van der Waals surface area contributed by atoms with Gasteiger partial charge in [-0.15, -0.1) is 0 Å². The van der Waals surface area contributed by atoms with Crippen LogP contribution in [-0.4, -0.2) is 36.5 Å². The molecule has 1 unspecified atom stereocenters. The second-order valence-corrected chi connectivity index (χ2v) is 5.61. The van der Waals surface area contributed by atoms with Crippen LogP contribution in [0.5, 0.6) is 0 Å². The van der Waals surface area contributed by atoms with Crippen LogP contribution in [0.25, 0.3) is 0 Å². The molecule has 4 heteroatoms. The maximum Gasteiger partial charge on any atom is 0.325 e. The van der Waals surface area contributed by atoms with Crippen molar-refractivity contribution in [2.75, 3.05) is 13.7 Å². The van der Waals surface area contributed by atoms with Crippen LogP contribution in [-0.2, 0) is 14.3 Å². The number of ether oxygens (including phenoxy) is 1. The molecule has 0 heterocycles. The molecule has 0 spiro atoms. The fourth-order valence-electron chi connectivity index (χ4n) is 2.87. The molecule has 1 atom stereocenters. The Morgan fingerprint density at radius 3 is 2.33 bits per heavy atom. The Labute approximate surface area is 109 Å². The van der Waals surface area contributed by atoms with E-state index in [0.29, 0.717) is 5.92 Å². The zero-order chi connectivity index (χ0) is 13.1. The van der Waals surface area contributed by atoms with Crippen molar-refractivity contribution < 1.29 is 14.3 Å². The van der Waals surface area contributed by atoms with E-state index in [0.717, 1.165) is 38.5 Å². The van der Waals surface area contributed by atoms with E-state index in [1.165, 1.54) is 7.11 Å². The molecule has 2 aliphatic rings. The highest BCUT2D eigenvalue weighted by Gasteiger charge is 2.38. The first-order valence-corrected chi connectivity index (χ1v) is 7.00. The summed E-state index contributed by atoms with van der Waals surface area (Å²) in [6.07, 6.45) is 6.69. The van der Waals surface area contributed by atoms with E-state index < -0.39 is 0 Å². The molecule has 2 saturated carbocycles. The van der Waals surface area contributed by atoms with E-state index in [4.69, 9.17) is 4.74 Å². The van der Waals surface area contributed by atoms with Gasteiger partial charge < -0.3 is 9.64 Å². The maximum atomic E-state index is 12.5. The van der Waals surface area contributed by atoms with Crippen molar-refractivity contribution >= 4 is 11.9 Å². The van der Waals surface area contributed by atoms with Crippen molar-refractivity contribution in [1.82, 2.24) is 4.90 Å². The molecule has 0 aliphatic heterocycles. The quantitative estimate of drug-likeness (QED) is 0.704. The number of hydrogen-bond acceptors (Lipinski definition) is 3. The molecule has 0 saturated heterocycles. The van der Waals surface area contributed by atoms with Gasteiger partial charge >= 0.3 is 5.97 Å². The Balaban J connectivity index is 2.01. The lowest BCUT2D eigenvalue weighted by atomic mass is 10.0. The molecule has 18 heavy (non-hydrogen) atoms. The van der Waals surface area contributed by atoms with Crippen molar-refractivity contribution in [3.8, 4) is 0 Å². The second kappa shape index (κ2) is 5.72. The normalized spacial score (nSPS) is 21.7. The lowest BCUT2D eigenvalue weighted by Gasteiger charge is -2.30. The minimum absolute atomic E-state index is 0.0651. The van der Waals surface area contributed by atoms with Crippen LogP contribution in [0.1, 0.15) is 45.4 Å². The number of amides is 1. The molecule has 0 bridgehead atoms. The summed E-state index contributed by atoms with van der Waals surface area (Å²) in [7, 11) is 1.38. The molecule has 0 radical (unpaired) electrons. The summed E-state index contributed by atoms with van der Waals surface area (Å²) in [6, 6.07) is 0.248. The zero-order valence-corrected chi connectivity index (χ0v) is 11.4. The molecule has 2 fully saturated rings. The van der Waals surface area contributed by atoms with Gasteiger partial charge in [-0.2, -0.15) is 0 Å². The van der Waals surface area contributed by atoms with Gasteiger partial charge in [-0.25, -0.2) is 0 Å². The summed E-state index contributed by atoms with van der Waals surface area (Å²) in [6.45, 7) is 2.12. The third-order valence-electron chi connectivity index (χ3n) is 4.29. The lowest BCUT2D eigenvalue weighted by Crippen LogP contribution is -2.45. The Morgan fingerprint density at radius 1 is 1.22 bits per heavy atom. The van der Waals surface area contributed by atoms with E-state index in [1.54, 1.807) is 4.90 Å². The summed E-state index contributed by atoms with van der Waals surface area (Å²) in [4.78, 5) is 25.7. The molecular formula is C14H23NO3. The fourth-order valence-corrected chi connectivity index (χ4v) is 2.87. The van der Waals surface area contributed by atoms with Gasteiger partial charge in [0, 0.05) is 12.0 Å². The van der Waals surface area contributed by atoms with Crippen LogP contribution in [0.15, 0.2) is 0 Å². The van der Waals surface area contributed by atoms with Gasteiger partial charge in [0.25, 0.3) is 0 Å². The maximum absolute atomic E-state index is 12.5. The second-order valence-electron chi connectivity index (χ2n) is 5.61. The van der Waals surface area contributed by atoms with Gasteiger partial charge in [-0.3, -0.25) is 9.59 Å². The Morgan fingerprint density at radius 2 is 1.83 bits per heavy atom. The van der Waals surface area contributed by atoms with Crippen molar-refractivity contribution in [3.05, 3.63) is 0 Å². The molecular weight excluding hydrogens is 230 g/mol. The highest BCUT2D eigenvalue weighted by atomic mass is 16.5. The predicted molar refractivity (Wildman–Crippen MR) is 67.9 cm³/mol. The van der Waals surface area contributed by atoms with Gasteiger partial charge in [-0.1, -0.05) is 19.8 Å². The highest BCUT2D eigenvalue weighted by Crippen LogP contribution is 2.38. The van der Waals surface area contributed by atoms with Gasteiger partial charge in [0.1, 0.15) is 6.54 Å². The van der Waals surface area contributed by atoms with E-state index in [-0.39, 0.29) is 30.4 Å². The first-order chi connectivity index (χ1) is 8.63. The first-order valence-electron chi connectivity index (χ1n) is 7.00. The average Bonchev–Trinajstić information content (AvgIpc) is 3.09. The van der Waals surface area contributed by atoms with Crippen LogP contribution in [0, 0.1) is 11.8 Å². The van der Waals surface area contributed by atoms with Gasteiger partial charge in [0.05, 0.1) is 7.11 Å². The van der Waals surface area contributed by atoms with Gasteiger partial charge in [0.2, 0.25) is 5.91 Å². The number of nitrogens with zero attached hydrogens (tertiary/aromatic N) is 1. The third-order valence-corrected chi connectivity index (χ3v) is 4.29. The van der Waals surface area contributed by atoms with E-state index in [2.05, 4.69) is 0 Å². The minimum atomic E-state index is -0.307. The standard InChI is InChI=1S/C14H23NO3/c1-10(11-7-8-11)14(17)15(9-13(16)18-2)12-5-3-4-6-12/h10-12H,3-9H2,1-2H3. The van der Waals surface area contributed by atoms with Crippen molar-refractivity contribution in [2.45, 2.75) is 51.5 Å². The van der Waals surface area contributed by atoms with Gasteiger partial charge in [0.15, 0.2) is 0 Å². The SMILES string of the molecule is COC(=O)CN(C(=O)C(C)C1CC1)C1CCCC1. The first kappa shape index (κ1) is 13.4. The topological polar surface area (TPSA) is 46.6 Å². The van der Waals surface area contributed by atoms with Crippen LogP contribution >= 0.6 is 0 Å². The number of carbonyl (C=O) groups excluding carboxylic acids is 2. The summed E-state index contributed by atoms with van der Waals surface area (Å²) < 4.78 is 4.71. The Kier molecular flexibility index (Phi) is 4.25. The molecule has 2 rings (SSSR count). The molecule has 0 aromatic carbocycles. The number of hydrogen-bond donors (Lipinski definition) is 0. The van der Waals surface area contributed by atoms with Crippen molar-refractivity contribution in [2.24, 2.45) is 11.8 Å². The summed E-state index contributed by atoms with van der Waals surface area (Å²) in [5, 5.41) is 0. The van der Waals surface area contributed by atoms with Crippen LogP contribution < -0.4 is 0 Å². The average molecular weight is 253 g/mol. The largest absolute Gasteiger partial charge is 0.468 e. The molecule has 0 aromatic rings. The number of carbonyl (C=O) groups is 2. The summed E-state index contributed by atoms with van der Waals surface area (Å²) in [5.74, 6) is 0.447. The fraction of sp³-hybridized carbons (Fsp3) is 0.857. The van der Waals surface area contributed by atoms with E-state index >= 15 is 0 Å². The van der Waals surface area contributed by atoms with Crippen molar-refractivity contribution in [3.63, 3.8) is 0 Å². The molecule has 1 amide bonds. The molecule has 102 valence electrons. The smallest absolute Gasteiger partial charge is 0.325 e. The molecule has 0 aromatic heterocycles. The lowest BCUT2D eigenvalue weighted by molar-refractivity contribution is -0.150. The Hall–Kier alpha value is -1.06. The minimum Gasteiger partial charge on any atom is -0.468 e. The zero-order valence-electron chi connectivity index (χ0n) is 11.4. The monoisotopic (exact) mass is 253 g/mol. The Bertz CT molecular complexity index is 319. The van der Waals surface area contributed by atoms with Crippen molar-refractivity contribution in [1.29, 1.82) is 0 Å². The third kappa shape index (κ3) is 3.03. The van der Waals surface area contributed by atoms with Crippen LogP contribution in [0.4, 0.5) is 0 Å². The summed E-state index contributed by atoms with van der Waals surface area (Å²) in [5.41, 5.74) is 0. The van der Waals surface area contributed by atoms with E-state index in [9.17, 15) is 9.59 Å². The molecule has 0 N–H and O–H groups in total. The summed E-state index contributed by atoms with van der Waals surface area (Å²) >= 11 is 0. The van der Waals surface area contributed by atoms with Crippen LogP contribution in [0.2, 0.25) is 0 Å².